The van der Waals surface area contributed by atoms with Gasteiger partial charge in [0.25, 0.3) is 0 Å². The average molecular weight is 476 g/mol. The number of methoxy groups -OCH3 is 2. The minimum Gasteiger partial charge on any atom is -0.497 e. The minimum absolute atomic E-state index is 0.323. The van der Waals surface area contributed by atoms with E-state index in [1.165, 1.54) is 11.8 Å². The fraction of sp³-hybridized carbons (Fsp3) is 0.190. The molecule has 0 bridgehead atoms. The molecule has 0 amide bonds. The first-order chi connectivity index (χ1) is 15.0. The Morgan fingerprint density at radius 1 is 1.10 bits per heavy atom. The SMILES string of the molecule is COc1ccc(OC)c(Sc2nc3c(N)ncn(CCc4cccc(Cl)c4Cl)c-3n2)c1. The molecule has 0 spiro atoms. The van der Waals surface area contributed by atoms with Crippen LogP contribution in [0.5, 0.6) is 11.5 Å². The van der Waals surface area contributed by atoms with E-state index in [2.05, 4.69) is 9.97 Å². The van der Waals surface area contributed by atoms with Crippen molar-refractivity contribution in [2.45, 2.75) is 23.0 Å². The Labute approximate surface area is 193 Å². The van der Waals surface area contributed by atoms with Crippen LogP contribution in [0.25, 0.3) is 11.5 Å². The lowest BCUT2D eigenvalue weighted by Crippen LogP contribution is -2.10. The highest BCUT2D eigenvalue weighted by atomic mass is 35.5. The van der Waals surface area contributed by atoms with Gasteiger partial charge in [-0.25, -0.2) is 15.0 Å². The van der Waals surface area contributed by atoms with Crippen LogP contribution in [0.15, 0.2) is 52.8 Å². The van der Waals surface area contributed by atoms with Gasteiger partial charge in [0.1, 0.15) is 11.5 Å². The second-order valence-electron chi connectivity index (χ2n) is 6.58. The summed E-state index contributed by atoms with van der Waals surface area (Å²) in [6.07, 6.45) is 2.31. The fourth-order valence-corrected chi connectivity index (χ4v) is 4.40. The molecule has 2 aromatic rings. The number of hydrogen-bond acceptors (Lipinski definition) is 7. The van der Waals surface area contributed by atoms with E-state index in [4.69, 9.17) is 43.4 Å². The van der Waals surface area contributed by atoms with E-state index in [9.17, 15) is 0 Å². The number of benzene rings is 2. The number of aryl methyl sites for hydroxylation is 2. The maximum atomic E-state index is 6.32. The molecule has 0 saturated carbocycles. The zero-order valence-corrected chi connectivity index (χ0v) is 19.1. The summed E-state index contributed by atoms with van der Waals surface area (Å²) in [4.78, 5) is 14.4. The Morgan fingerprint density at radius 2 is 1.94 bits per heavy atom. The van der Waals surface area contributed by atoms with Gasteiger partial charge >= 0.3 is 0 Å². The molecule has 4 rings (SSSR count). The maximum absolute atomic E-state index is 6.32. The van der Waals surface area contributed by atoms with Crippen molar-refractivity contribution < 1.29 is 9.47 Å². The molecule has 2 N–H and O–H groups in total. The fourth-order valence-electron chi connectivity index (χ4n) is 3.09. The minimum atomic E-state index is 0.323. The molecular formula is C21H19Cl2N5O2S. The topological polar surface area (TPSA) is 88.1 Å². The number of ether oxygens (including phenoxy) is 2. The summed E-state index contributed by atoms with van der Waals surface area (Å²) in [7, 11) is 3.23. The number of nitrogens with two attached hydrogens (primary N) is 1. The first kappa shape index (κ1) is 21.5. The van der Waals surface area contributed by atoms with Crippen molar-refractivity contribution in [1.82, 2.24) is 19.5 Å². The molecule has 2 aliphatic heterocycles. The van der Waals surface area contributed by atoms with Gasteiger partial charge in [0.15, 0.2) is 22.5 Å². The van der Waals surface area contributed by atoms with Crippen molar-refractivity contribution in [3.8, 4) is 23.0 Å². The first-order valence-electron chi connectivity index (χ1n) is 9.31. The van der Waals surface area contributed by atoms with E-state index in [-0.39, 0.29) is 0 Å². The van der Waals surface area contributed by atoms with Crippen LogP contribution < -0.4 is 15.2 Å². The Hall–Kier alpha value is -2.68. The number of nitrogens with zero attached hydrogens (tertiary/aromatic N) is 4. The van der Waals surface area contributed by atoms with Crippen molar-refractivity contribution in [2.24, 2.45) is 0 Å². The molecule has 0 atom stereocenters. The van der Waals surface area contributed by atoms with Gasteiger partial charge in [-0.1, -0.05) is 35.3 Å². The molecule has 0 fully saturated rings. The molecule has 7 nitrogen and oxygen atoms in total. The predicted octanol–water partition coefficient (Wildman–Crippen LogP) is 5.08. The normalized spacial score (nSPS) is 11.1. The molecule has 0 unspecified atom stereocenters. The number of fused-ring (bicyclic) bond motifs is 1. The highest BCUT2D eigenvalue weighted by Gasteiger charge is 2.20. The van der Waals surface area contributed by atoms with Gasteiger partial charge in [0.05, 0.1) is 35.5 Å². The molecule has 10 heteroatoms. The Kier molecular flexibility index (Phi) is 6.41. The summed E-state index contributed by atoms with van der Waals surface area (Å²) < 4.78 is 12.7. The largest absolute Gasteiger partial charge is 0.497 e. The van der Waals surface area contributed by atoms with E-state index in [1.807, 2.05) is 34.9 Å². The molecule has 2 heterocycles. The van der Waals surface area contributed by atoms with Gasteiger partial charge in [-0.3, -0.25) is 0 Å². The third kappa shape index (κ3) is 4.51. The lowest BCUT2D eigenvalue weighted by molar-refractivity contribution is 0.394. The number of nitrogen functional groups attached to an aromatic ring is 1. The van der Waals surface area contributed by atoms with Crippen LogP contribution in [0, 0.1) is 0 Å². The monoisotopic (exact) mass is 475 g/mol. The van der Waals surface area contributed by atoms with Crippen LogP contribution in [0.4, 0.5) is 5.82 Å². The molecule has 160 valence electrons. The zero-order chi connectivity index (χ0) is 22.0. The van der Waals surface area contributed by atoms with Gasteiger partial charge in [0, 0.05) is 6.54 Å². The average Bonchev–Trinajstić information content (AvgIpc) is 3.20. The van der Waals surface area contributed by atoms with Gasteiger partial charge in [-0.2, -0.15) is 0 Å². The van der Waals surface area contributed by atoms with Crippen LogP contribution in [0.2, 0.25) is 10.0 Å². The van der Waals surface area contributed by atoms with Crippen LogP contribution >= 0.6 is 35.0 Å². The molecule has 0 aliphatic carbocycles. The molecule has 0 aromatic heterocycles. The molecule has 2 aliphatic rings. The molecule has 31 heavy (non-hydrogen) atoms. The smallest absolute Gasteiger partial charge is 0.195 e. The third-order valence-corrected chi connectivity index (χ3v) is 6.46. The Bertz CT molecular complexity index is 1200. The summed E-state index contributed by atoms with van der Waals surface area (Å²) in [5.74, 6) is 2.39. The zero-order valence-electron chi connectivity index (χ0n) is 16.8. The summed E-state index contributed by atoms with van der Waals surface area (Å²) in [6, 6.07) is 11.1. The Balaban J connectivity index is 1.64. The lowest BCUT2D eigenvalue weighted by Gasteiger charge is -2.12. The number of hydrogen-bond donors (Lipinski definition) is 1. The number of imidazole rings is 1. The van der Waals surface area contributed by atoms with Gasteiger partial charge < -0.3 is 19.8 Å². The van der Waals surface area contributed by atoms with Crippen LogP contribution in [0.3, 0.4) is 0 Å². The van der Waals surface area contributed by atoms with Crippen molar-refractivity contribution >= 4 is 40.8 Å². The predicted molar refractivity (Wildman–Crippen MR) is 123 cm³/mol. The van der Waals surface area contributed by atoms with Crippen molar-refractivity contribution in [1.29, 1.82) is 0 Å². The molecule has 0 saturated heterocycles. The van der Waals surface area contributed by atoms with E-state index in [1.54, 1.807) is 26.6 Å². The van der Waals surface area contributed by atoms with Gasteiger partial charge in [-0.05, 0) is 48.0 Å². The standard InChI is InChI=1S/C21H19Cl2N5O2S/c1-29-13-6-7-15(30-2)16(10-13)31-21-26-18-19(24)25-11-28(20(18)27-21)9-8-12-4-3-5-14(22)17(12)23/h3-7,10-11H,8-9,24H2,1-2H3. The van der Waals surface area contributed by atoms with Gasteiger partial charge in [0.2, 0.25) is 0 Å². The molecular weight excluding hydrogens is 457 g/mol. The third-order valence-electron chi connectivity index (χ3n) is 4.70. The van der Waals surface area contributed by atoms with E-state index in [0.717, 1.165) is 10.5 Å². The van der Waals surface area contributed by atoms with Crippen LogP contribution in [-0.2, 0) is 13.0 Å². The number of anilines is 1. The quantitative estimate of drug-likeness (QED) is 0.398. The van der Waals surface area contributed by atoms with Crippen LogP contribution in [-0.4, -0.2) is 33.7 Å². The van der Waals surface area contributed by atoms with Gasteiger partial charge in [-0.15, -0.1) is 0 Å². The number of rotatable bonds is 7. The highest BCUT2D eigenvalue weighted by Crippen LogP contribution is 2.38. The molecule has 0 radical (unpaired) electrons. The second-order valence-corrected chi connectivity index (χ2v) is 8.38. The number of aromatic nitrogens is 4. The van der Waals surface area contributed by atoms with Crippen molar-refractivity contribution in [2.75, 3.05) is 20.0 Å². The number of halogens is 2. The van der Waals surface area contributed by atoms with E-state index < -0.39 is 0 Å². The van der Waals surface area contributed by atoms with E-state index in [0.29, 0.717) is 57.0 Å². The van der Waals surface area contributed by atoms with Crippen LogP contribution in [0.1, 0.15) is 5.56 Å². The van der Waals surface area contributed by atoms with Crippen molar-refractivity contribution in [3.05, 3.63) is 58.3 Å². The van der Waals surface area contributed by atoms with E-state index >= 15 is 0 Å². The maximum Gasteiger partial charge on any atom is 0.195 e. The summed E-state index contributed by atoms with van der Waals surface area (Å²) >= 11 is 13.8. The molecule has 2 aromatic carbocycles. The lowest BCUT2D eigenvalue weighted by atomic mass is 10.1. The first-order valence-corrected chi connectivity index (χ1v) is 10.9. The summed E-state index contributed by atoms with van der Waals surface area (Å²) in [6.45, 7) is 0.592. The highest BCUT2D eigenvalue weighted by molar-refractivity contribution is 7.99. The second kappa shape index (κ2) is 9.21. The van der Waals surface area contributed by atoms with Crippen molar-refractivity contribution in [3.63, 3.8) is 0 Å². The Morgan fingerprint density at radius 3 is 2.71 bits per heavy atom. The summed E-state index contributed by atoms with van der Waals surface area (Å²) in [5.41, 5.74) is 7.56. The summed E-state index contributed by atoms with van der Waals surface area (Å²) in [5, 5.41) is 1.62.